The van der Waals surface area contributed by atoms with E-state index in [2.05, 4.69) is 4.98 Å². The van der Waals surface area contributed by atoms with Gasteiger partial charge in [0.2, 0.25) is 0 Å². The molecule has 7 nitrogen and oxygen atoms in total. The molecule has 0 aromatic carbocycles. The fraction of sp³-hybridized carbons (Fsp3) is 0.500. The van der Waals surface area contributed by atoms with Gasteiger partial charge in [-0.05, 0) is 49.4 Å². The standard InChI is InChI=1S/C14H17IN2O5/c1-14(2,3)12(19)21-7-8-4-5-10(22-8)17-6-9(15)11(18)16-13(17)20/h4-6,8,10H,7H2,1-3H3,(H,16,18,20)/t8-,10+/m0/s1. The molecule has 2 atom stereocenters. The summed E-state index contributed by atoms with van der Waals surface area (Å²) in [4.78, 5) is 37.1. The molecule has 1 aromatic rings. The SMILES string of the molecule is CC(C)(C)C(=O)OC[C@@H]1C=C[C@H](n2cc(I)c(=O)[nH]c2=O)O1. The maximum atomic E-state index is 11.8. The second-order valence-electron chi connectivity index (χ2n) is 5.94. The van der Waals surface area contributed by atoms with E-state index in [0.717, 1.165) is 0 Å². The van der Waals surface area contributed by atoms with Crippen LogP contribution in [-0.4, -0.2) is 28.2 Å². The summed E-state index contributed by atoms with van der Waals surface area (Å²) in [6.45, 7) is 5.39. The van der Waals surface area contributed by atoms with Crippen LogP contribution >= 0.6 is 22.6 Å². The van der Waals surface area contributed by atoms with Crippen molar-refractivity contribution in [3.05, 3.63) is 42.8 Å². The van der Waals surface area contributed by atoms with Gasteiger partial charge >= 0.3 is 11.7 Å². The average molecular weight is 420 g/mol. The largest absolute Gasteiger partial charge is 0.462 e. The number of hydrogen-bond acceptors (Lipinski definition) is 5. The van der Waals surface area contributed by atoms with Crippen LogP contribution in [0.1, 0.15) is 27.0 Å². The third-order valence-electron chi connectivity index (χ3n) is 2.99. The van der Waals surface area contributed by atoms with Gasteiger partial charge in [-0.3, -0.25) is 19.1 Å². The minimum Gasteiger partial charge on any atom is -0.462 e. The maximum Gasteiger partial charge on any atom is 0.330 e. The summed E-state index contributed by atoms with van der Waals surface area (Å²) >= 11 is 1.84. The highest BCUT2D eigenvalue weighted by atomic mass is 127. The fourth-order valence-electron chi connectivity index (χ4n) is 1.77. The summed E-state index contributed by atoms with van der Waals surface area (Å²) in [6.07, 6.45) is 3.79. The number of ether oxygens (including phenoxy) is 2. The molecule has 0 aliphatic carbocycles. The lowest BCUT2D eigenvalue weighted by molar-refractivity contribution is -0.156. The second kappa shape index (κ2) is 6.37. The van der Waals surface area contributed by atoms with E-state index in [4.69, 9.17) is 9.47 Å². The van der Waals surface area contributed by atoms with Gasteiger partial charge < -0.3 is 9.47 Å². The van der Waals surface area contributed by atoms with Gasteiger partial charge in [0.1, 0.15) is 12.7 Å². The lowest BCUT2D eigenvalue weighted by Crippen LogP contribution is -2.34. The summed E-state index contributed by atoms with van der Waals surface area (Å²) < 4.78 is 12.5. The molecule has 1 aliphatic rings. The number of aromatic nitrogens is 2. The van der Waals surface area contributed by atoms with Gasteiger partial charge in [0.15, 0.2) is 6.23 Å². The van der Waals surface area contributed by atoms with E-state index in [0.29, 0.717) is 3.57 Å². The summed E-state index contributed by atoms with van der Waals surface area (Å²) in [5.41, 5.74) is -1.56. The number of carbonyl (C=O) groups excluding carboxylic acids is 1. The molecule has 0 unspecified atom stereocenters. The van der Waals surface area contributed by atoms with Crippen molar-refractivity contribution < 1.29 is 14.3 Å². The summed E-state index contributed by atoms with van der Waals surface area (Å²) in [7, 11) is 0. The van der Waals surface area contributed by atoms with E-state index in [1.165, 1.54) is 10.8 Å². The fourth-order valence-corrected chi connectivity index (χ4v) is 2.20. The van der Waals surface area contributed by atoms with Crippen LogP contribution in [0.2, 0.25) is 0 Å². The molecule has 1 N–H and O–H groups in total. The first-order chi connectivity index (χ1) is 10.2. The number of rotatable bonds is 3. The van der Waals surface area contributed by atoms with Crippen LogP contribution in [0.15, 0.2) is 27.9 Å². The van der Waals surface area contributed by atoms with Crippen LogP contribution < -0.4 is 11.2 Å². The Labute approximate surface area is 140 Å². The lowest BCUT2D eigenvalue weighted by Gasteiger charge is -2.19. The van der Waals surface area contributed by atoms with E-state index in [1.807, 2.05) is 22.6 Å². The first-order valence-corrected chi connectivity index (χ1v) is 7.78. The average Bonchev–Trinajstić information content (AvgIpc) is 2.87. The van der Waals surface area contributed by atoms with Crippen molar-refractivity contribution >= 4 is 28.6 Å². The highest BCUT2D eigenvalue weighted by Gasteiger charge is 2.27. The van der Waals surface area contributed by atoms with E-state index >= 15 is 0 Å². The number of nitrogens with one attached hydrogen (secondary N) is 1. The molecule has 2 rings (SSSR count). The van der Waals surface area contributed by atoms with Crippen LogP contribution in [0.5, 0.6) is 0 Å². The van der Waals surface area contributed by atoms with Crippen LogP contribution in [0.4, 0.5) is 0 Å². The highest BCUT2D eigenvalue weighted by molar-refractivity contribution is 14.1. The Morgan fingerprint density at radius 3 is 2.73 bits per heavy atom. The molecule has 0 saturated heterocycles. The molecule has 0 saturated carbocycles. The summed E-state index contributed by atoms with van der Waals surface area (Å²) in [5, 5.41) is 0. The monoisotopic (exact) mass is 420 g/mol. The minimum absolute atomic E-state index is 0.0816. The quantitative estimate of drug-likeness (QED) is 0.451. The van der Waals surface area contributed by atoms with Crippen LogP contribution in [-0.2, 0) is 14.3 Å². The highest BCUT2D eigenvalue weighted by Crippen LogP contribution is 2.21. The zero-order valence-electron chi connectivity index (χ0n) is 12.5. The molecular weight excluding hydrogens is 403 g/mol. The Hall–Kier alpha value is -1.42. The van der Waals surface area contributed by atoms with Crippen LogP contribution in [0.3, 0.4) is 0 Å². The number of carbonyl (C=O) groups is 1. The Morgan fingerprint density at radius 1 is 1.41 bits per heavy atom. The molecule has 8 heteroatoms. The Bertz CT molecular complexity index is 713. The predicted octanol–water partition coefficient (Wildman–Crippen LogP) is 1.18. The molecule has 0 amide bonds. The van der Waals surface area contributed by atoms with Gasteiger partial charge in [0.05, 0.1) is 8.99 Å². The zero-order valence-corrected chi connectivity index (χ0v) is 14.6. The van der Waals surface area contributed by atoms with Gasteiger partial charge in [-0.1, -0.05) is 6.08 Å². The van der Waals surface area contributed by atoms with Crippen molar-refractivity contribution in [3.63, 3.8) is 0 Å². The first kappa shape index (κ1) is 16.9. The first-order valence-electron chi connectivity index (χ1n) is 6.70. The number of hydrogen-bond donors (Lipinski definition) is 1. The predicted molar refractivity (Wildman–Crippen MR) is 87.5 cm³/mol. The zero-order chi connectivity index (χ0) is 16.5. The number of esters is 1. The van der Waals surface area contributed by atoms with Gasteiger partial charge in [-0.2, -0.15) is 0 Å². The van der Waals surface area contributed by atoms with Gasteiger partial charge in [0, 0.05) is 6.20 Å². The third kappa shape index (κ3) is 3.86. The molecule has 0 fully saturated rings. The van der Waals surface area contributed by atoms with E-state index in [-0.39, 0.29) is 12.6 Å². The normalized spacial score (nSPS) is 21.1. The molecular formula is C14H17IN2O5. The number of aromatic amines is 1. The number of H-pyrrole nitrogens is 1. The van der Waals surface area contributed by atoms with Crippen molar-refractivity contribution in [2.24, 2.45) is 5.41 Å². The topological polar surface area (TPSA) is 90.4 Å². The van der Waals surface area contributed by atoms with E-state index in [9.17, 15) is 14.4 Å². The van der Waals surface area contributed by atoms with Gasteiger partial charge in [-0.25, -0.2) is 4.79 Å². The minimum atomic E-state index is -0.629. The van der Waals surface area contributed by atoms with E-state index < -0.39 is 29.0 Å². The Balaban J connectivity index is 2.01. The Morgan fingerprint density at radius 2 is 2.09 bits per heavy atom. The molecule has 1 aliphatic heterocycles. The van der Waals surface area contributed by atoms with Gasteiger partial charge in [0.25, 0.3) is 5.56 Å². The van der Waals surface area contributed by atoms with Crippen molar-refractivity contribution in [2.75, 3.05) is 6.61 Å². The smallest absolute Gasteiger partial charge is 0.330 e. The lowest BCUT2D eigenvalue weighted by atomic mass is 9.97. The van der Waals surface area contributed by atoms with Gasteiger partial charge in [-0.15, -0.1) is 0 Å². The van der Waals surface area contributed by atoms with E-state index in [1.54, 1.807) is 32.9 Å². The van der Waals surface area contributed by atoms with Crippen molar-refractivity contribution in [3.8, 4) is 0 Å². The van der Waals surface area contributed by atoms with Crippen molar-refractivity contribution in [1.82, 2.24) is 9.55 Å². The van der Waals surface area contributed by atoms with Crippen LogP contribution in [0, 0.1) is 8.99 Å². The molecule has 0 bridgehead atoms. The number of halogens is 1. The molecule has 0 spiro atoms. The molecule has 0 radical (unpaired) electrons. The summed E-state index contributed by atoms with van der Waals surface area (Å²) in [6, 6.07) is 0. The molecule has 120 valence electrons. The number of nitrogens with zero attached hydrogens (tertiary/aromatic N) is 1. The van der Waals surface area contributed by atoms with Crippen molar-refractivity contribution in [1.29, 1.82) is 0 Å². The van der Waals surface area contributed by atoms with Crippen molar-refractivity contribution in [2.45, 2.75) is 33.1 Å². The maximum absolute atomic E-state index is 11.8. The second-order valence-corrected chi connectivity index (χ2v) is 7.10. The molecule has 22 heavy (non-hydrogen) atoms. The molecule has 2 heterocycles. The third-order valence-corrected chi connectivity index (χ3v) is 3.76. The summed E-state index contributed by atoms with van der Waals surface area (Å²) in [5.74, 6) is -0.316. The van der Waals surface area contributed by atoms with Crippen LogP contribution in [0.25, 0.3) is 0 Å². The Kier molecular flexibility index (Phi) is 4.90. The molecule has 1 aromatic heterocycles.